The number of carbonyl (C=O) groups is 1. The summed E-state index contributed by atoms with van der Waals surface area (Å²) in [6.45, 7) is 1.89. The van der Waals surface area contributed by atoms with Crippen molar-refractivity contribution in [1.29, 1.82) is 0 Å². The lowest BCUT2D eigenvalue weighted by atomic mass is 9.95. The molecule has 2 rings (SSSR count). The molecule has 0 saturated carbocycles. The molecule has 1 N–H and O–H groups in total. The number of allylic oxidation sites excluding steroid dienone is 1. The van der Waals surface area contributed by atoms with Crippen molar-refractivity contribution in [3.63, 3.8) is 0 Å². The fourth-order valence-electron chi connectivity index (χ4n) is 2.32. The lowest BCUT2D eigenvalue weighted by molar-refractivity contribution is -0.136. The van der Waals surface area contributed by atoms with E-state index in [2.05, 4.69) is 4.72 Å². The minimum Gasteiger partial charge on any atom is -0.466 e. The lowest BCUT2D eigenvalue weighted by Gasteiger charge is -2.23. The van der Waals surface area contributed by atoms with Crippen LogP contribution in [0, 0.1) is 6.92 Å². The molecule has 1 aliphatic carbocycles. The zero-order chi connectivity index (χ0) is 15.5. The summed E-state index contributed by atoms with van der Waals surface area (Å²) in [5, 5.41) is 0. The van der Waals surface area contributed by atoms with Crippen molar-refractivity contribution in [1.82, 2.24) is 4.72 Å². The van der Waals surface area contributed by atoms with Gasteiger partial charge in [-0.3, -0.25) is 0 Å². The van der Waals surface area contributed by atoms with E-state index in [9.17, 15) is 13.2 Å². The molecule has 0 aromatic heterocycles. The highest BCUT2D eigenvalue weighted by atomic mass is 32.2. The number of sulfonamides is 1. The monoisotopic (exact) mass is 309 g/mol. The predicted octanol–water partition coefficient (Wildman–Crippen LogP) is 1.93. The first kappa shape index (κ1) is 15.7. The predicted molar refractivity (Wildman–Crippen MR) is 79.2 cm³/mol. The second kappa shape index (κ2) is 6.41. The zero-order valence-electron chi connectivity index (χ0n) is 12.1. The van der Waals surface area contributed by atoms with Gasteiger partial charge in [0.25, 0.3) is 0 Å². The molecule has 0 fully saturated rings. The van der Waals surface area contributed by atoms with Crippen LogP contribution in [0.3, 0.4) is 0 Å². The van der Waals surface area contributed by atoms with Crippen LogP contribution in [0.15, 0.2) is 40.8 Å². The smallest absolute Gasteiger partial charge is 0.335 e. The van der Waals surface area contributed by atoms with E-state index < -0.39 is 22.0 Å². The van der Waals surface area contributed by atoms with E-state index in [0.717, 1.165) is 18.4 Å². The number of rotatable bonds is 4. The van der Waals surface area contributed by atoms with Gasteiger partial charge < -0.3 is 4.74 Å². The Hall–Kier alpha value is -1.66. The minimum atomic E-state index is -3.65. The van der Waals surface area contributed by atoms with E-state index in [-0.39, 0.29) is 4.90 Å². The first-order valence-corrected chi connectivity index (χ1v) is 8.30. The van der Waals surface area contributed by atoms with Crippen LogP contribution < -0.4 is 4.72 Å². The van der Waals surface area contributed by atoms with Gasteiger partial charge in [-0.15, -0.1) is 0 Å². The third kappa shape index (κ3) is 3.71. The molecule has 5 nitrogen and oxygen atoms in total. The van der Waals surface area contributed by atoms with Gasteiger partial charge in [0, 0.05) is 0 Å². The second-order valence-electron chi connectivity index (χ2n) is 5.07. The Balaban J connectivity index is 2.23. The Morgan fingerprint density at radius 1 is 1.29 bits per heavy atom. The van der Waals surface area contributed by atoms with E-state index in [1.807, 2.05) is 6.92 Å². The number of aryl methyl sites for hydroxylation is 1. The number of carbonyl (C=O) groups excluding carboxylic acids is 1. The van der Waals surface area contributed by atoms with Crippen LogP contribution in [0.25, 0.3) is 0 Å². The van der Waals surface area contributed by atoms with Crippen LogP contribution in [0.5, 0.6) is 0 Å². The molecule has 1 aliphatic rings. The number of esters is 1. The molecule has 0 spiro atoms. The first-order valence-electron chi connectivity index (χ1n) is 6.81. The lowest BCUT2D eigenvalue weighted by Crippen LogP contribution is -2.39. The fourth-order valence-corrected chi connectivity index (χ4v) is 3.57. The van der Waals surface area contributed by atoms with E-state index in [4.69, 9.17) is 4.74 Å². The topological polar surface area (TPSA) is 72.5 Å². The summed E-state index contributed by atoms with van der Waals surface area (Å²) < 4.78 is 32.1. The van der Waals surface area contributed by atoms with Gasteiger partial charge in [-0.25, -0.2) is 17.9 Å². The van der Waals surface area contributed by atoms with Crippen molar-refractivity contribution in [3.05, 3.63) is 41.5 Å². The summed E-state index contributed by atoms with van der Waals surface area (Å²) in [4.78, 5) is 11.9. The molecule has 1 atom stereocenters. The number of benzene rings is 1. The molecular formula is C15H19NO4S. The molecule has 0 radical (unpaired) electrons. The van der Waals surface area contributed by atoms with Crippen LogP contribution >= 0.6 is 0 Å². The summed E-state index contributed by atoms with van der Waals surface area (Å²) in [6.07, 6.45) is 3.93. The van der Waals surface area contributed by atoms with Gasteiger partial charge in [-0.05, 0) is 38.3 Å². The molecule has 114 valence electrons. The highest BCUT2D eigenvalue weighted by molar-refractivity contribution is 7.89. The second-order valence-corrected chi connectivity index (χ2v) is 6.78. The van der Waals surface area contributed by atoms with E-state index in [1.165, 1.54) is 7.11 Å². The van der Waals surface area contributed by atoms with Gasteiger partial charge in [-0.2, -0.15) is 0 Å². The standard InChI is InChI=1S/C15H19NO4S/c1-11-7-9-12(10-8-11)21(18,19)16-14-6-4-3-5-13(14)15(17)20-2/h5,7-10,14,16H,3-4,6H2,1-2H3/t14-/m0/s1. The van der Waals surface area contributed by atoms with Crippen molar-refractivity contribution >= 4 is 16.0 Å². The third-order valence-electron chi connectivity index (χ3n) is 3.49. The molecular weight excluding hydrogens is 290 g/mol. The Kier molecular flexibility index (Phi) is 4.80. The van der Waals surface area contributed by atoms with Crippen LogP contribution in [-0.4, -0.2) is 27.5 Å². The fraction of sp³-hybridized carbons (Fsp3) is 0.400. The van der Waals surface area contributed by atoms with Crippen molar-refractivity contribution in [2.24, 2.45) is 0 Å². The summed E-state index contributed by atoms with van der Waals surface area (Å²) in [7, 11) is -2.35. The van der Waals surface area contributed by atoms with Gasteiger partial charge in [-0.1, -0.05) is 23.8 Å². The van der Waals surface area contributed by atoms with Gasteiger partial charge in [0.15, 0.2) is 0 Å². The Morgan fingerprint density at radius 2 is 1.95 bits per heavy atom. The Morgan fingerprint density at radius 3 is 2.57 bits per heavy atom. The summed E-state index contributed by atoms with van der Waals surface area (Å²) >= 11 is 0. The van der Waals surface area contributed by atoms with Crippen LogP contribution in [0.1, 0.15) is 24.8 Å². The minimum absolute atomic E-state index is 0.197. The number of hydrogen-bond acceptors (Lipinski definition) is 4. The highest BCUT2D eigenvalue weighted by Crippen LogP contribution is 2.22. The Labute approximate surface area is 125 Å². The van der Waals surface area contributed by atoms with Gasteiger partial charge in [0.1, 0.15) is 0 Å². The quantitative estimate of drug-likeness (QED) is 0.863. The Bertz CT molecular complexity index is 647. The zero-order valence-corrected chi connectivity index (χ0v) is 12.9. The molecule has 0 saturated heterocycles. The molecule has 21 heavy (non-hydrogen) atoms. The van der Waals surface area contributed by atoms with Crippen LogP contribution in [0.4, 0.5) is 0 Å². The molecule has 0 amide bonds. The van der Waals surface area contributed by atoms with E-state index in [0.29, 0.717) is 12.0 Å². The first-order chi connectivity index (χ1) is 9.94. The summed E-state index contributed by atoms with van der Waals surface area (Å²) in [5.41, 5.74) is 1.38. The maximum atomic E-state index is 12.4. The maximum Gasteiger partial charge on any atom is 0.335 e. The SMILES string of the molecule is COC(=O)C1=CCCC[C@@H]1NS(=O)(=O)c1ccc(C)cc1. The van der Waals surface area contributed by atoms with Crippen molar-refractivity contribution < 1.29 is 17.9 Å². The van der Waals surface area contributed by atoms with Crippen LogP contribution in [-0.2, 0) is 19.6 Å². The van der Waals surface area contributed by atoms with Crippen molar-refractivity contribution in [3.8, 4) is 0 Å². The maximum absolute atomic E-state index is 12.4. The molecule has 6 heteroatoms. The summed E-state index contributed by atoms with van der Waals surface area (Å²) in [6, 6.07) is 6.07. The third-order valence-corrected chi connectivity index (χ3v) is 4.97. The molecule has 1 aromatic rings. The molecule has 0 aliphatic heterocycles. The summed E-state index contributed by atoms with van der Waals surface area (Å²) in [5.74, 6) is -0.480. The van der Waals surface area contributed by atoms with Crippen molar-refractivity contribution in [2.75, 3.05) is 7.11 Å². The largest absolute Gasteiger partial charge is 0.466 e. The number of methoxy groups -OCH3 is 1. The average molecular weight is 309 g/mol. The average Bonchev–Trinajstić information content (AvgIpc) is 2.47. The number of nitrogens with one attached hydrogen (secondary N) is 1. The van der Waals surface area contributed by atoms with E-state index >= 15 is 0 Å². The van der Waals surface area contributed by atoms with Gasteiger partial charge in [0.05, 0.1) is 23.6 Å². The molecule has 0 heterocycles. The molecule has 0 bridgehead atoms. The number of hydrogen-bond donors (Lipinski definition) is 1. The molecule has 0 unspecified atom stereocenters. The van der Waals surface area contributed by atoms with Gasteiger partial charge >= 0.3 is 5.97 Å². The molecule has 1 aromatic carbocycles. The van der Waals surface area contributed by atoms with E-state index in [1.54, 1.807) is 30.3 Å². The van der Waals surface area contributed by atoms with Crippen LogP contribution in [0.2, 0.25) is 0 Å². The highest BCUT2D eigenvalue weighted by Gasteiger charge is 2.28. The van der Waals surface area contributed by atoms with Gasteiger partial charge in [0.2, 0.25) is 10.0 Å². The van der Waals surface area contributed by atoms with Crippen molar-refractivity contribution in [2.45, 2.75) is 37.1 Å². The number of ether oxygens (including phenoxy) is 1. The normalized spacial score (nSPS) is 19.0.